The lowest BCUT2D eigenvalue weighted by atomic mass is 9.72. The second-order valence-electron chi connectivity index (χ2n) is 9.30. The minimum Gasteiger partial charge on any atom is -0.389 e. The lowest BCUT2D eigenvalue weighted by Gasteiger charge is -2.45. The maximum absolute atomic E-state index is 13.5. The monoisotopic (exact) mass is 436 g/mol. The second-order valence-corrected chi connectivity index (χ2v) is 9.30. The Bertz CT molecular complexity index is 975. The zero-order valence-electron chi connectivity index (χ0n) is 18.8. The molecule has 0 radical (unpaired) electrons. The third-order valence-electron chi connectivity index (χ3n) is 6.45. The van der Waals surface area contributed by atoms with Gasteiger partial charge >= 0.3 is 0 Å². The van der Waals surface area contributed by atoms with Crippen LogP contribution in [0.25, 0.3) is 11.1 Å². The topological polar surface area (TPSA) is 78.9 Å². The van der Waals surface area contributed by atoms with E-state index >= 15 is 0 Å². The highest BCUT2D eigenvalue weighted by atomic mass is 16.5. The summed E-state index contributed by atoms with van der Waals surface area (Å²) in [6.45, 7) is 5.84. The number of ether oxygens (including phenoxy) is 1. The summed E-state index contributed by atoms with van der Waals surface area (Å²) >= 11 is 0. The number of nitrogens with zero attached hydrogens (tertiary/aromatic N) is 1. The quantitative estimate of drug-likeness (QED) is 0.730. The average Bonchev–Trinajstić information content (AvgIpc) is 2.77. The van der Waals surface area contributed by atoms with Crippen molar-refractivity contribution in [2.75, 3.05) is 26.3 Å². The van der Waals surface area contributed by atoms with Crippen LogP contribution in [-0.4, -0.2) is 60.3 Å². The van der Waals surface area contributed by atoms with Gasteiger partial charge in [0.2, 0.25) is 5.91 Å². The predicted molar refractivity (Wildman–Crippen MR) is 123 cm³/mol. The summed E-state index contributed by atoms with van der Waals surface area (Å²) in [5.41, 5.74) is 3.18. The molecular formula is C26H32N2O4. The van der Waals surface area contributed by atoms with Gasteiger partial charge in [-0.25, -0.2) is 0 Å². The number of aliphatic hydroxyl groups excluding tert-OH is 1. The molecule has 6 heteroatoms. The first-order valence-corrected chi connectivity index (χ1v) is 11.4. The third-order valence-corrected chi connectivity index (χ3v) is 6.45. The summed E-state index contributed by atoms with van der Waals surface area (Å²) in [6, 6.07) is 15.8. The molecule has 0 spiro atoms. The first kappa shape index (κ1) is 22.5. The van der Waals surface area contributed by atoms with Crippen molar-refractivity contribution in [3.05, 3.63) is 59.7 Å². The fourth-order valence-corrected chi connectivity index (χ4v) is 4.68. The van der Waals surface area contributed by atoms with E-state index in [-0.39, 0.29) is 17.9 Å². The normalized spacial score (nSPS) is 18.3. The van der Waals surface area contributed by atoms with Crippen LogP contribution in [0.5, 0.6) is 0 Å². The molecule has 0 unspecified atom stereocenters. The van der Waals surface area contributed by atoms with E-state index < -0.39 is 11.5 Å². The molecule has 2 saturated heterocycles. The molecule has 32 heavy (non-hydrogen) atoms. The summed E-state index contributed by atoms with van der Waals surface area (Å²) in [5.74, 6) is 0.0257. The average molecular weight is 437 g/mol. The van der Waals surface area contributed by atoms with Gasteiger partial charge in [0.25, 0.3) is 5.91 Å². The number of benzene rings is 2. The SMILES string of the molecule is CC(C)NC(=O)c1cccc(-c2ccccc2CC2(C(=O)N3CC(O)C3)CCOCC2)c1. The maximum Gasteiger partial charge on any atom is 0.251 e. The highest BCUT2D eigenvalue weighted by Crippen LogP contribution is 2.40. The van der Waals surface area contributed by atoms with Crippen LogP contribution in [0, 0.1) is 5.41 Å². The minimum atomic E-state index is -0.527. The van der Waals surface area contributed by atoms with Crippen LogP contribution < -0.4 is 5.32 Å². The first-order chi connectivity index (χ1) is 15.4. The Hall–Kier alpha value is -2.70. The molecule has 2 aromatic rings. The largest absolute Gasteiger partial charge is 0.389 e. The Morgan fingerprint density at radius 3 is 2.53 bits per heavy atom. The zero-order chi connectivity index (χ0) is 22.7. The second kappa shape index (κ2) is 9.43. The van der Waals surface area contributed by atoms with E-state index in [0.29, 0.717) is 51.1 Å². The van der Waals surface area contributed by atoms with Gasteiger partial charge in [-0.15, -0.1) is 0 Å². The number of aliphatic hydroxyl groups is 1. The number of carbonyl (C=O) groups excluding carboxylic acids is 2. The molecule has 2 amide bonds. The first-order valence-electron chi connectivity index (χ1n) is 11.4. The lowest BCUT2D eigenvalue weighted by molar-refractivity contribution is -0.158. The van der Waals surface area contributed by atoms with Crippen LogP contribution in [0.3, 0.4) is 0 Å². The highest BCUT2D eigenvalue weighted by Gasteiger charge is 2.45. The smallest absolute Gasteiger partial charge is 0.251 e. The van der Waals surface area contributed by atoms with Gasteiger partial charge in [0, 0.05) is 37.9 Å². The molecule has 2 aliphatic rings. The molecule has 0 atom stereocenters. The van der Waals surface area contributed by atoms with Gasteiger partial charge < -0.3 is 20.1 Å². The van der Waals surface area contributed by atoms with E-state index in [0.717, 1.165) is 16.7 Å². The third kappa shape index (κ3) is 4.71. The molecule has 2 aromatic carbocycles. The number of nitrogens with one attached hydrogen (secondary N) is 1. The van der Waals surface area contributed by atoms with E-state index in [4.69, 9.17) is 4.74 Å². The Labute approximate surface area is 189 Å². The zero-order valence-corrected chi connectivity index (χ0v) is 18.8. The molecule has 0 bridgehead atoms. The molecule has 4 rings (SSSR count). The summed E-state index contributed by atoms with van der Waals surface area (Å²) in [5, 5.41) is 12.7. The van der Waals surface area contributed by atoms with E-state index in [1.165, 1.54) is 0 Å². The van der Waals surface area contributed by atoms with Crippen molar-refractivity contribution in [1.29, 1.82) is 0 Å². The molecule has 0 saturated carbocycles. The van der Waals surface area contributed by atoms with Crippen LogP contribution >= 0.6 is 0 Å². The summed E-state index contributed by atoms with van der Waals surface area (Å²) in [6.07, 6.45) is 1.54. The summed E-state index contributed by atoms with van der Waals surface area (Å²) < 4.78 is 5.59. The fourth-order valence-electron chi connectivity index (χ4n) is 4.68. The number of β-amino-alcohol motifs (C(OH)–C–C–N with tert-alkyl or cyclic N) is 1. The van der Waals surface area contributed by atoms with Crippen LogP contribution in [0.4, 0.5) is 0 Å². The summed E-state index contributed by atoms with van der Waals surface area (Å²) in [4.78, 5) is 27.8. The number of hydrogen-bond acceptors (Lipinski definition) is 4. The van der Waals surface area contributed by atoms with Gasteiger partial charge in [-0.1, -0.05) is 36.4 Å². The highest BCUT2D eigenvalue weighted by molar-refractivity contribution is 5.95. The number of rotatable bonds is 6. The van der Waals surface area contributed by atoms with E-state index in [2.05, 4.69) is 17.4 Å². The molecule has 0 aromatic heterocycles. The van der Waals surface area contributed by atoms with Crippen molar-refractivity contribution in [3.63, 3.8) is 0 Å². The lowest BCUT2D eigenvalue weighted by Crippen LogP contribution is -2.59. The van der Waals surface area contributed by atoms with Crippen molar-refractivity contribution in [2.45, 2.75) is 45.3 Å². The maximum atomic E-state index is 13.5. The minimum absolute atomic E-state index is 0.0675. The van der Waals surface area contributed by atoms with Gasteiger partial charge in [0.15, 0.2) is 0 Å². The van der Waals surface area contributed by atoms with E-state index in [1.807, 2.05) is 50.2 Å². The van der Waals surface area contributed by atoms with E-state index in [1.54, 1.807) is 4.90 Å². The Kier molecular flexibility index (Phi) is 6.63. The van der Waals surface area contributed by atoms with Gasteiger partial charge in [-0.2, -0.15) is 0 Å². The Balaban J connectivity index is 1.64. The van der Waals surface area contributed by atoms with E-state index in [9.17, 15) is 14.7 Å². The van der Waals surface area contributed by atoms with Crippen molar-refractivity contribution >= 4 is 11.8 Å². The number of likely N-dealkylation sites (tertiary alicyclic amines) is 1. The van der Waals surface area contributed by atoms with Crippen molar-refractivity contribution in [3.8, 4) is 11.1 Å². The van der Waals surface area contributed by atoms with Gasteiger partial charge in [-0.3, -0.25) is 9.59 Å². The van der Waals surface area contributed by atoms with Gasteiger partial charge in [0.1, 0.15) is 0 Å². The van der Waals surface area contributed by atoms with Crippen LogP contribution in [-0.2, 0) is 16.0 Å². The molecule has 0 aliphatic carbocycles. The standard InChI is InChI=1S/C26H32N2O4/c1-18(2)27-24(30)20-8-5-7-19(14-20)23-9-4-3-6-21(23)15-26(10-12-32-13-11-26)25(31)28-16-22(29)17-28/h3-9,14,18,22,29H,10-13,15-17H2,1-2H3,(H,27,30). The van der Waals surface area contributed by atoms with Gasteiger partial charge in [0.05, 0.1) is 11.5 Å². The van der Waals surface area contributed by atoms with Crippen molar-refractivity contribution in [2.24, 2.45) is 5.41 Å². The fraction of sp³-hybridized carbons (Fsp3) is 0.462. The molecule has 6 nitrogen and oxygen atoms in total. The molecule has 2 heterocycles. The summed E-state index contributed by atoms with van der Waals surface area (Å²) in [7, 11) is 0. The number of amides is 2. The van der Waals surface area contributed by atoms with Crippen molar-refractivity contribution < 1.29 is 19.4 Å². The van der Waals surface area contributed by atoms with Crippen LogP contribution in [0.1, 0.15) is 42.6 Å². The van der Waals surface area contributed by atoms with Crippen LogP contribution in [0.2, 0.25) is 0 Å². The molecule has 170 valence electrons. The van der Waals surface area contributed by atoms with Crippen molar-refractivity contribution in [1.82, 2.24) is 10.2 Å². The van der Waals surface area contributed by atoms with Gasteiger partial charge in [-0.05, 0) is 61.9 Å². The number of carbonyl (C=O) groups is 2. The molecule has 2 fully saturated rings. The van der Waals surface area contributed by atoms with Crippen LogP contribution in [0.15, 0.2) is 48.5 Å². The molecule has 2 aliphatic heterocycles. The molecule has 2 N–H and O–H groups in total. The Morgan fingerprint density at radius 1 is 1.12 bits per heavy atom. The Morgan fingerprint density at radius 2 is 1.84 bits per heavy atom. The number of hydrogen-bond donors (Lipinski definition) is 2. The molecular weight excluding hydrogens is 404 g/mol. The predicted octanol–water partition coefficient (Wildman–Crippen LogP) is 3.03.